The lowest BCUT2D eigenvalue weighted by Gasteiger charge is -2.11. The molecular weight excluding hydrogens is 243 g/mol. The van der Waals surface area contributed by atoms with E-state index in [-0.39, 0.29) is 11.7 Å². The SMILES string of the molecule is O=C(c1cc(Cl)ccc1Cl)C1CC2CC2C1. The second kappa shape index (κ2) is 3.75. The number of carbonyl (C=O) groups excluding carboxylic acids is 1. The molecule has 2 atom stereocenters. The topological polar surface area (TPSA) is 17.1 Å². The normalized spacial score (nSPS) is 31.2. The van der Waals surface area contributed by atoms with Gasteiger partial charge in [-0.05, 0) is 49.3 Å². The number of benzene rings is 1. The second-order valence-electron chi connectivity index (χ2n) is 4.91. The summed E-state index contributed by atoms with van der Waals surface area (Å²) in [5.41, 5.74) is 0.598. The molecule has 2 aliphatic carbocycles. The van der Waals surface area contributed by atoms with Crippen molar-refractivity contribution in [2.75, 3.05) is 0 Å². The molecule has 2 aliphatic rings. The smallest absolute Gasteiger partial charge is 0.167 e. The van der Waals surface area contributed by atoms with Gasteiger partial charge in [0.1, 0.15) is 0 Å². The third-order valence-corrected chi connectivity index (χ3v) is 4.37. The average Bonchev–Trinajstić information content (AvgIpc) is 2.88. The Morgan fingerprint density at radius 3 is 2.50 bits per heavy atom. The van der Waals surface area contributed by atoms with Gasteiger partial charge in [-0.1, -0.05) is 23.2 Å². The first-order valence-electron chi connectivity index (χ1n) is 5.64. The van der Waals surface area contributed by atoms with E-state index in [1.807, 2.05) is 0 Å². The number of carbonyl (C=O) groups is 1. The summed E-state index contributed by atoms with van der Waals surface area (Å²) in [6.45, 7) is 0. The van der Waals surface area contributed by atoms with Crippen molar-refractivity contribution in [2.45, 2.75) is 19.3 Å². The third-order valence-electron chi connectivity index (χ3n) is 3.81. The van der Waals surface area contributed by atoms with Crippen LogP contribution in [0.2, 0.25) is 10.0 Å². The average molecular weight is 255 g/mol. The molecule has 0 N–H and O–H groups in total. The van der Waals surface area contributed by atoms with E-state index in [0.29, 0.717) is 15.6 Å². The predicted molar refractivity (Wildman–Crippen MR) is 65.1 cm³/mol. The van der Waals surface area contributed by atoms with E-state index in [1.165, 1.54) is 6.42 Å². The first-order chi connectivity index (χ1) is 7.65. The fraction of sp³-hybridized carbons (Fsp3) is 0.462. The van der Waals surface area contributed by atoms with Crippen LogP contribution >= 0.6 is 23.2 Å². The molecule has 0 amide bonds. The Hall–Kier alpha value is -0.530. The number of fused-ring (bicyclic) bond motifs is 1. The maximum absolute atomic E-state index is 12.2. The van der Waals surface area contributed by atoms with Gasteiger partial charge in [0, 0.05) is 16.5 Å². The Morgan fingerprint density at radius 1 is 1.12 bits per heavy atom. The molecule has 2 unspecified atom stereocenters. The molecule has 3 heteroatoms. The fourth-order valence-electron chi connectivity index (χ4n) is 2.84. The molecule has 2 saturated carbocycles. The molecular formula is C13H12Cl2O. The number of ketones is 1. The molecule has 1 nitrogen and oxygen atoms in total. The zero-order valence-electron chi connectivity index (χ0n) is 8.75. The van der Waals surface area contributed by atoms with Crippen LogP contribution < -0.4 is 0 Å². The summed E-state index contributed by atoms with van der Waals surface area (Å²) in [7, 11) is 0. The summed E-state index contributed by atoms with van der Waals surface area (Å²) in [5, 5.41) is 1.10. The Bertz CT molecular complexity index is 445. The van der Waals surface area contributed by atoms with Crippen LogP contribution in [0.15, 0.2) is 18.2 Å². The van der Waals surface area contributed by atoms with E-state index >= 15 is 0 Å². The number of hydrogen-bond donors (Lipinski definition) is 0. The Labute approximate surface area is 105 Å². The number of Topliss-reactive ketones (excluding diaryl/α,β-unsaturated/α-hetero) is 1. The third kappa shape index (κ3) is 1.76. The van der Waals surface area contributed by atoms with E-state index < -0.39 is 0 Å². The van der Waals surface area contributed by atoms with Crippen LogP contribution in [0.3, 0.4) is 0 Å². The van der Waals surface area contributed by atoms with E-state index in [1.54, 1.807) is 18.2 Å². The monoisotopic (exact) mass is 254 g/mol. The molecule has 0 bridgehead atoms. The van der Waals surface area contributed by atoms with Crippen LogP contribution in [0.5, 0.6) is 0 Å². The quantitative estimate of drug-likeness (QED) is 0.723. The number of rotatable bonds is 2. The molecule has 0 aromatic heterocycles. The highest BCUT2D eigenvalue weighted by atomic mass is 35.5. The van der Waals surface area contributed by atoms with Crippen molar-refractivity contribution in [3.8, 4) is 0 Å². The van der Waals surface area contributed by atoms with Crippen LogP contribution in [0.1, 0.15) is 29.6 Å². The lowest BCUT2D eigenvalue weighted by Crippen LogP contribution is -2.13. The standard InChI is InChI=1S/C13H12Cl2O/c14-10-1-2-12(15)11(6-10)13(16)9-4-7-3-8(7)5-9/h1-2,6-9H,3-5H2. The van der Waals surface area contributed by atoms with Gasteiger partial charge in [-0.15, -0.1) is 0 Å². The predicted octanol–water partition coefficient (Wildman–Crippen LogP) is 4.22. The summed E-state index contributed by atoms with van der Waals surface area (Å²) in [4.78, 5) is 12.2. The second-order valence-corrected chi connectivity index (χ2v) is 5.76. The van der Waals surface area contributed by atoms with Gasteiger partial charge in [0.15, 0.2) is 5.78 Å². The van der Waals surface area contributed by atoms with E-state index in [0.717, 1.165) is 24.7 Å². The summed E-state index contributed by atoms with van der Waals surface area (Å²) in [6.07, 6.45) is 3.42. The Kier molecular flexibility index (Phi) is 2.49. The lowest BCUT2D eigenvalue weighted by atomic mass is 9.93. The molecule has 2 fully saturated rings. The Morgan fingerprint density at radius 2 is 1.81 bits per heavy atom. The Balaban J connectivity index is 1.85. The van der Waals surface area contributed by atoms with Crippen LogP contribution in [0, 0.1) is 17.8 Å². The van der Waals surface area contributed by atoms with Gasteiger partial charge in [-0.2, -0.15) is 0 Å². The highest BCUT2D eigenvalue weighted by Gasteiger charge is 2.48. The lowest BCUT2D eigenvalue weighted by molar-refractivity contribution is 0.0914. The highest BCUT2D eigenvalue weighted by molar-refractivity contribution is 6.36. The molecule has 16 heavy (non-hydrogen) atoms. The van der Waals surface area contributed by atoms with E-state index in [9.17, 15) is 4.79 Å². The molecule has 0 spiro atoms. The number of halogens is 2. The summed E-state index contributed by atoms with van der Waals surface area (Å²) >= 11 is 11.9. The van der Waals surface area contributed by atoms with Crippen molar-refractivity contribution < 1.29 is 4.79 Å². The number of hydrogen-bond acceptors (Lipinski definition) is 1. The van der Waals surface area contributed by atoms with Crippen molar-refractivity contribution in [1.82, 2.24) is 0 Å². The van der Waals surface area contributed by atoms with Gasteiger partial charge in [-0.25, -0.2) is 0 Å². The maximum Gasteiger partial charge on any atom is 0.167 e. The summed E-state index contributed by atoms with van der Waals surface area (Å²) in [6, 6.07) is 5.11. The minimum atomic E-state index is 0.180. The zero-order chi connectivity index (χ0) is 11.3. The van der Waals surface area contributed by atoms with Crippen molar-refractivity contribution in [3.05, 3.63) is 33.8 Å². The van der Waals surface area contributed by atoms with Crippen LogP contribution in [0.4, 0.5) is 0 Å². The molecule has 0 heterocycles. The summed E-state index contributed by atoms with van der Waals surface area (Å²) < 4.78 is 0. The zero-order valence-corrected chi connectivity index (χ0v) is 10.3. The van der Waals surface area contributed by atoms with Gasteiger partial charge in [0.2, 0.25) is 0 Å². The summed E-state index contributed by atoms with van der Waals surface area (Å²) in [5.74, 6) is 1.98. The molecule has 3 rings (SSSR count). The molecule has 84 valence electrons. The highest BCUT2D eigenvalue weighted by Crippen LogP contribution is 2.55. The first-order valence-corrected chi connectivity index (χ1v) is 6.40. The van der Waals surface area contributed by atoms with Crippen LogP contribution in [-0.2, 0) is 0 Å². The van der Waals surface area contributed by atoms with Crippen molar-refractivity contribution in [3.63, 3.8) is 0 Å². The molecule has 0 aliphatic heterocycles. The molecule has 0 saturated heterocycles. The molecule has 1 aromatic rings. The van der Waals surface area contributed by atoms with E-state index in [4.69, 9.17) is 23.2 Å². The van der Waals surface area contributed by atoms with Gasteiger partial charge in [0.25, 0.3) is 0 Å². The van der Waals surface area contributed by atoms with Crippen molar-refractivity contribution in [1.29, 1.82) is 0 Å². The molecule has 1 aromatic carbocycles. The minimum Gasteiger partial charge on any atom is -0.294 e. The van der Waals surface area contributed by atoms with E-state index in [2.05, 4.69) is 0 Å². The maximum atomic E-state index is 12.2. The van der Waals surface area contributed by atoms with Gasteiger partial charge in [0.05, 0.1) is 5.02 Å². The largest absolute Gasteiger partial charge is 0.294 e. The van der Waals surface area contributed by atoms with Gasteiger partial charge >= 0.3 is 0 Å². The van der Waals surface area contributed by atoms with Crippen molar-refractivity contribution >= 4 is 29.0 Å². The van der Waals surface area contributed by atoms with Crippen LogP contribution in [-0.4, -0.2) is 5.78 Å². The van der Waals surface area contributed by atoms with Gasteiger partial charge in [-0.3, -0.25) is 4.79 Å². The minimum absolute atomic E-state index is 0.180. The molecule has 0 radical (unpaired) electrons. The first kappa shape index (κ1) is 10.6. The fourth-order valence-corrected chi connectivity index (χ4v) is 3.22. The van der Waals surface area contributed by atoms with Crippen molar-refractivity contribution in [2.24, 2.45) is 17.8 Å². The van der Waals surface area contributed by atoms with Crippen LogP contribution in [0.25, 0.3) is 0 Å². The van der Waals surface area contributed by atoms with Gasteiger partial charge < -0.3 is 0 Å².